The first-order valence-electron chi connectivity index (χ1n) is 7.03. The van der Waals surface area contributed by atoms with Crippen LogP contribution < -0.4 is 11.1 Å². The molecule has 0 spiro atoms. The van der Waals surface area contributed by atoms with Gasteiger partial charge in [0.2, 0.25) is 0 Å². The summed E-state index contributed by atoms with van der Waals surface area (Å²) in [5.74, 6) is 0.575. The van der Waals surface area contributed by atoms with Gasteiger partial charge in [0.15, 0.2) is 0 Å². The predicted molar refractivity (Wildman–Crippen MR) is 85.4 cm³/mol. The molecule has 0 saturated heterocycles. The Balaban J connectivity index is 0.00000200. The van der Waals surface area contributed by atoms with Crippen LogP contribution in [0.15, 0.2) is 24.3 Å². The predicted octanol–water partition coefficient (Wildman–Crippen LogP) is 2.87. The number of benzene rings is 1. The first-order valence-corrected chi connectivity index (χ1v) is 7.03. The van der Waals surface area contributed by atoms with Gasteiger partial charge in [0.05, 0.1) is 0 Å². The van der Waals surface area contributed by atoms with Crippen LogP contribution in [0.1, 0.15) is 49.5 Å². The summed E-state index contributed by atoms with van der Waals surface area (Å²) in [6.45, 7) is 7.02. The molecular weight excluding hydrogens is 272 g/mol. The van der Waals surface area contributed by atoms with Crippen LogP contribution in [0.3, 0.4) is 0 Å². The van der Waals surface area contributed by atoms with E-state index in [0.717, 1.165) is 0 Å². The Hall–Kier alpha value is -1.06. The lowest BCUT2D eigenvalue weighted by Gasteiger charge is -2.20. The molecule has 0 aliphatic heterocycles. The average Bonchev–Trinajstić information content (AvgIpc) is 3.19. The minimum absolute atomic E-state index is 0. The SMILES string of the molecule is CC(C)(C)c1ccc(C(=O)NC(CN)C2CC2)cc1.Cl. The maximum atomic E-state index is 12.1. The van der Waals surface area contributed by atoms with Crippen molar-refractivity contribution in [2.24, 2.45) is 11.7 Å². The Morgan fingerprint density at radius 2 is 1.85 bits per heavy atom. The topological polar surface area (TPSA) is 55.1 Å². The van der Waals surface area contributed by atoms with Gasteiger partial charge in [-0.2, -0.15) is 0 Å². The van der Waals surface area contributed by atoms with E-state index in [1.165, 1.54) is 18.4 Å². The summed E-state index contributed by atoms with van der Waals surface area (Å²) in [6.07, 6.45) is 2.37. The maximum Gasteiger partial charge on any atom is 0.251 e. The molecule has 1 amide bonds. The third-order valence-electron chi connectivity index (χ3n) is 3.77. The number of amides is 1. The Labute approximate surface area is 127 Å². The number of hydrogen-bond acceptors (Lipinski definition) is 2. The van der Waals surface area contributed by atoms with E-state index in [1.54, 1.807) is 0 Å². The van der Waals surface area contributed by atoms with Gasteiger partial charge >= 0.3 is 0 Å². The first kappa shape index (κ1) is 17.0. The van der Waals surface area contributed by atoms with Crippen molar-refractivity contribution in [1.29, 1.82) is 0 Å². The van der Waals surface area contributed by atoms with E-state index >= 15 is 0 Å². The summed E-state index contributed by atoms with van der Waals surface area (Å²) in [7, 11) is 0. The van der Waals surface area contributed by atoms with Crippen molar-refractivity contribution in [3.8, 4) is 0 Å². The van der Waals surface area contributed by atoms with Gasteiger partial charge in [0.1, 0.15) is 0 Å². The zero-order valence-electron chi connectivity index (χ0n) is 12.5. The maximum absolute atomic E-state index is 12.1. The highest BCUT2D eigenvalue weighted by atomic mass is 35.5. The van der Waals surface area contributed by atoms with Gasteiger partial charge in [0.25, 0.3) is 5.91 Å². The lowest BCUT2D eigenvalue weighted by molar-refractivity contribution is 0.0933. The summed E-state index contributed by atoms with van der Waals surface area (Å²) < 4.78 is 0. The lowest BCUT2D eigenvalue weighted by Crippen LogP contribution is -2.41. The third kappa shape index (κ3) is 4.22. The van der Waals surface area contributed by atoms with Crippen LogP contribution in [0.5, 0.6) is 0 Å². The van der Waals surface area contributed by atoms with Gasteiger partial charge in [-0.15, -0.1) is 12.4 Å². The average molecular weight is 297 g/mol. The van der Waals surface area contributed by atoms with Gasteiger partial charge < -0.3 is 11.1 Å². The minimum atomic E-state index is -0.0113. The molecule has 4 heteroatoms. The number of nitrogens with two attached hydrogens (primary N) is 1. The summed E-state index contributed by atoms with van der Waals surface area (Å²) in [6, 6.07) is 7.99. The van der Waals surface area contributed by atoms with Crippen LogP contribution >= 0.6 is 12.4 Å². The van der Waals surface area contributed by atoms with Crippen molar-refractivity contribution >= 4 is 18.3 Å². The zero-order chi connectivity index (χ0) is 14.0. The van der Waals surface area contributed by atoms with Gasteiger partial charge in [0, 0.05) is 18.2 Å². The first-order chi connectivity index (χ1) is 8.91. The van der Waals surface area contributed by atoms with Crippen LogP contribution in [-0.2, 0) is 5.41 Å². The van der Waals surface area contributed by atoms with Crippen molar-refractivity contribution in [2.75, 3.05) is 6.54 Å². The highest BCUT2D eigenvalue weighted by molar-refractivity contribution is 5.94. The van der Waals surface area contributed by atoms with Gasteiger partial charge in [-0.3, -0.25) is 4.79 Å². The van der Waals surface area contributed by atoms with E-state index in [0.29, 0.717) is 18.0 Å². The van der Waals surface area contributed by atoms with E-state index in [1.807, 2.05) is 24.3 Å². The highest BCUT2D eigenvalue weighted by Crippen LogP contribution is 2.32. The van der Waals surface area contributed by atoms with Crippen molar-refractivity contribution in [1.82, 2.24) is 5.32 Å². The standard InChI is InChI=1S/C16H24N2O.ClH/c1-16(2,3)13-8-6-12(7-9-13)15(19)18-14(10-17)11-4-5-11;/h6-9,11,14H,4-5,10,17H2,1-3H3,(H,18,19);1H. The Kier molecular flexibility index (Phi) is 5.60. The molecule has 20 heavy (non-hydrogen) atoms. The van der Waals surface area contributed by atoms with Crippen molar-refractivity contribution in [3.05, 3.63) is 35.4 Å². The molecular formula is C16H25ClN2O. The summed E-state index contributed by atoms with van der Waals surface area (Å²) in [4.78, 5) is 12.1. The number of carbonyl (C=O) groups excluding carboxylic acids is 1. The molecule has 1 atom stereocenters. The Bertz CT molecular complexity index is 447. The van der Waals surface area contributed by atoms with E-state index < -0.39 is 0 Å². The second-order valence-electron chi connectivity index (χ2n) is 6.48. The van der Waals surface area contributed by atoms with E-state index in [2.05, 4.69) is 26.1 Å². The molecule has 1 saturated carbocycles. The molecule has 1 fully saturated rings. The molecule has 1 aromatic carbocycles. The highest BCUT2D eigenvalue weighted by Gasteiger charge is 2.31. The molecule has 2 rings (SSSR count). The molecule has 0 heterocycles. The second-order valence-corrected chi connectivity index (χ2v) is 6.48. The summed E-state index contributed by atoms with van der Waals surface area (Å²) in [5.41, 5.74) is 7.77. The normalized spacial score (nSPS) is 16.2. The van der Waals surface area contributed by atoms with Crippen LogP contribution in [-0.4, -0.2) is 18.5 Å². The fourth-order valence-corrected chi connectivity index (χ4v) is 2.24. The third-order valence-corrected chi connectivity index (χ3v) is 3.77. The van der Waals surface area contributed by atoms with Crippen LogP contribution in [0.25, 0.3) is 0 Å². The van der Waals surface area contributed by atoms with Crippen LogP contribution in [0, 0.1) is 5.92 Å². The number of hydrogen-bond donors (Lipinski definition) is 2. The number of carbonyl (C=O) groups is 1. The van der Waals surface area contributed by atoms with Crippen molar-refractivity contribution < 1.29 is 4.79 Å². The molecule has 1 aliphatic rings. The smallest absolute Gasteiger partial charge is 0.251 e. The Morgan fingerprint density at radius 1 is 1.30 bits per heavy atom. The molecule has 3 N–H and O–H groups in total. The summed E-state index contributed by atoms with van der Waals surface area (Å²) in [5, 5.41) is 3.04. The lowest BCUT2D eigenvalue weighted by atomic mass is 9.86. The molecule has 1 unspecified atom stereocenters. The summed E-state index contributed by atoms with van der Waals surface area (Å²) >= 11 is 0. The fraction of sp³-hybridized carbons (Fsp3) is 0.562. The fourth-order valence-electron chi connectivity index (χ4n) is 2.24. The monoisotopic (exact) mass is 296 g/mol. The van der Waals surface area contributed by atoms with E-state index in [-0.39, 0.29) is 29.8 Å². The van der Waals surface area contributed by atoms with Crippen molar-refractivity contribution in [2.45, 2.75) is 45.1 Å². The minimum Gasteiger partial charge on any atom is -0.348 e. The number of rotatable bonds is 4. The molecule has 112 valence electrons. The number of nitrogens with one attached hydrogen (secondary N) is 1. The molecule has 0 bridgehead atoms. The molecule has 3 nitrogen and oxygen atoms in total. The van der Waals surface area contributed by atoms with Gasteiger partial charge in [-0.25, -0.2) is 0 Å². The molecule has 0 radical (unpaired) electrons. The van der Waals surface area contributed by atoms with Crippen LogP contribution in [0.2, 0.25) is 0 Å². The van der Waals surface area contributed by atoms with Crippen molar-refractivity contribution in [3.63, 3.8) is 0 Å². The number of halogens is 1. The van der Waals surface area contributed by atoms with E-state index in [4.69, 9.17) is 5.73 Å². The van der Waals surface area contributed by atoms with Gasteiger partial charge in [-0.05, 0) is 41.9 Å². The van der Waals surface area contributed by atoms with Gasteiger partial charge in [-0.1, -0.05) is 32.9 Å². The van der Waals surface area contributed by atoms with E-state index in [9.17, 15) is 4.79 Å². The zero-order valence-corrected chi connectivity index (χ0v) is 13.3. The largest absolute Gasteiger partial charge is 0.348 e. The molecule has 0 aromatic heterocycles. The molecule has 1 aliphatic carbocycles. The Morgan fingerprint density at radius 3 is 2.25 bits per heavy atom. The quantitative estimate of drug-likeness (QED) is 0.897. The van der Waals surface area contributed by atoms with Crippen LogP contribution in [0.4, 0.5) is 0 Å². The molecule has 1 aromatic rings. The second kappa shape index (κ2) is 6.59.